The first-order chi connectivity index (χ1) is 17.8. The highest BCUT2D eigenvalue weighted by Crippen LogP contribution is 2.24. The van der Waals surface area contributed by atoms with Gasteiger partial charge in [-0.1, -0.05) is 12.1 Å². The van der Waals surface area contributed by atoms with Crippen molar-refractivity contribution in [3.05, 3.63) is 77.9 Å². The first-order valence-electron chi connectivity index (χ1n) is 12.3. The van der Waals surface area contributed by atoms with Gasteiger partial charge in [0.1, 0.15) is 11.5 Å². The second-order valence-electron chi connectivity index (χ2n) is 8.91. The summed E-state index contributed by atoms with van der Waals surface area (Å²) < 4.78 is 39.0. The molecule has 3 aromatic rings. The molecule has 0 bridgehead atoms. The fraction of sp³-hybridized carbons (Fsp3) is 0.321. The van der Waals surface area contributed by atoms with Crippen LogP contribution in [0.25, 0.3) is 0 Å². The number of nitrogens with one attached hydrogen (secondary N) is 1. The zero-order chi connectivity index (χ0) is 26.4. The summed E-state index contributed by atoms with van der Waals surface area (Å²) in [5.41, 5.74) is 4.18. The van der Waals surface area contributed by atoms with Gasteiger partial charge in [-0.3, -0.25) is 9.52 Å². The topological polar surface area (TPSA) is 88.2 Å². The third-order valence-corrected chi connectivity index (χ3v) is 7.86. The monoisotopic (exact) mass is 523 g/mol. The van der Waals surface area contributed by atoms with Crippen LogP contribution >= 0.6 is 0 Å². The van der Waals surface area contributed by atoms with Crippen LogP contribution in [0.4, 0.5) is 11.4 Å². The summed E-state index contributed by atoms with van der Waals surface area (Å²) >= 11 is 0. The van der Waals surface area contributed by atoms with Crippen molar-refractivity contribution in [3.63, 3.8) is 0 Å². The molecule has 1 amide bonds. The predicted molar refractivity (Wildman–Crippen MR) is 145 cm³/mol. The van der Waals surface area contributed by atoms with Crippen molar-refractivity contribution in [1.82, 2.24) is 4.90 Å². The largest absolute Gasteiger partial charge is 0.494 e. The lowest BCUT2D eigenvalue weighted by molar-refractivity contribution is -0.133. The van der Waals surface area contributed by atoms with Gasteiger partial charge in [0.2, 0.25) is 0 Å². The summed E-state index contributed by atoms with van der Waals surface area (Å²) in [6, 6.07) is 19.0. The minimum absolute atomic E-state index is 0.0884. The van der Waals surface area contributed by atoms with Gasteiger partial charge in [-0.2, -0.15) is 0 Å². The van der Waals surface area contributed by atoms with Crippen molar-refractivity contribution in [2.75, 3.05) is 49.0 Å². The van der Waals surface area contributed by atoms with Gasteiger partial charge < -0.3 is 19.3 Å². The Balaban J connectivity index is 1.27. The number of sulfonamides is 1. The Morgan fingerprint density at radius 1 is 0.865 bits per heavy atom. The Kier molecular flexibility index (Phi) is 8.23. The molecule has 1 N–H and O–H groups in total. The molecule has 37 heavy (non-hydrogen) atoms. The van der Waals surface area contributed by atoms with E-state index in [9.17, 15) is 13.2 Å². The average molecular weight is 524 g/mol. The fourth-order valence-corrected chi connectivity index (χ4v) is 5.28. The summed E-state index contributed by atoms with van der Waals surface area (Å²) in [4.78, 5) is 16.9. The number of hydrogen-bond donors (Lipinski definition) is 1. The van der Waals surface area contributed by atoms with E-state index in [1.54, 1.807) is 41.3 Å². The first-order valence-corrected chi connectivity index (χ1v) is 13.8. The maximum Gasteiger partial charge on any atom is 0.261 e. The molecule has 1 aliphatic heterocycles. The lowest BCUT2D eigenvalue weighted by Crippen LogP contribution is -2.50. The molecule has 8 nitrogen and oxygen atoms in total. The Bertz CT molecular complexity index is 1320. The molecule has 0 saturated carbocycles. The third kappa shape index (κ3) is 6.54. The molecular weight excluding hydrogens is 490 g/mol. The van der Waals surface area contributed by atoms with Crippen molar-refractivity contribution >= 4 is 27.3 Å². The standard InChI is InChI=1S/C28H33N3O5S/c1-4-35-24-10-8-23(9-11-24)29-37(33,34)26-14-12-25(13-15-26)36-20-28(32)31-18-16-30(17-19-31)27-7-5-6-21(2)22(27)3/h5-15,29H,4,16-20H2,1-3H3. The van der Waals surface area contributed by atoms with Gasteiger partial charge >= 0.3 is 0 Å². The lowest BCUT2D eigenvalue weighted by atomic mass is 10.1. The summed E-state index contributed by atoms with van der Waals surface area (Å²) in [7, 11) is -3.76. The highest BCUT2D eigenvalue weighted by molar-refractivity contribution is 7.92. The summed E-state index contributed by atoms with van der Waals surface area (Å²) in [5.74, 6) is 1.02. The van der Waals surface area contributed by atoms with Gasteiger partial charge in [-0.05, 0) is 86.5 Å². The highest BCUT2D eigenvalue weighted by Gasteiger charge is 2.23. The van der Waals surface area contributed by atoms with Gasteiger partial charge in [0.15, 0.2) is 6.61 Å². The molecule has 0 radical (unpaired) electrons. The first kappa shape index (κ1) is 26.3. The van der Waals surface area contributed by atoms with Crippen molar-refractivity contribution in [3.8, 4) is 11.5 Å². The van der Waals surface area contributed by atoms with E-state index in [4.69, 9.17) is 9.47 Å². The minimum atomic E-state index is -3.76. The second-order valence-corrected chi connectivity index (χ2v) is 10.6. The SMILES string of the molecule is CCOc1ccc(NS(=O)(=O)c2ccc(OCC(=O)N3CCN(c4cccc(C)c4C)CC3)cc2)cc1. The molecule has 1 heterocycles. The zero-order valence-electron chi connectivity index (χ0n) is 21.4. The Morgan fingerprint density at radius 3 is 2.14 bits per heavy atom. The van der Waals surface area contributed by atoms with E-state index < -0.39 is 10.0 Å². The minimum Gasteiger partial charge on any atom is -0.494 e. The van der Waals surface area contributed by atoms with Crippen molar-refractivity contribution < 1.29 is 22.7 Å². The third-order valence-electron chi connectivity index (χ3n) is 6.46. The number of piperazine rings is 1. The number of amides is 1. The molecular formula is C28H33N3O5S. The van der Waals surface area contributed by atoms with Crippen LogP contribution in [0.1, 0.15) is 18.1 Å². The molecule has 1 aliphatic rings. The van der Waals surface area contributed by atoms with Gasteiger partial charge in [-0.25, -0.2) is 8.42 Å². The van der Waals surface area contributed by atoms with Crippen LogP contribution in [0.5, 0.6) is 11.5 Å². The van der Waals surface area contributed by atoms with Crippen LogP contribution in [0, 0.1) is 13.8 Å². The van der Waals surface area contributed by atoms with E-state index in [-0.39, 0.29) is 17.4 Å². The molecule has 9 heteroatoms. The molecule has 1 fully saturated rings. The highest BCUT2D eigenvalue weighted by atomic mass is 32.2. The van der Waals surface area contributed by atoms with E-state index in [1.165, 1.54) is 28.9 Å². The van der Waals surface area contributed by atoms with Crippen molar-refractivity contribution in [2.45, 2.75) is 25.7 Å². The van der Waals surface area contributed by atoms with Crippen molar-refractivity contribution in [1.29, 1.82) is 0 Å². The molecule has 1 saturated heterocycles. The summed E-state index contributed by atoms with van der Waals surface area (Å²) in [5, 5.41) is 0. The quantitative estimate of drug-likeness (QED) is 0.452. The van der Waals surface area contributed by atoms with Crippen LogP contribution in [0.15, 0.2) is 71.6 Å². The van der Waals surface area contributed by atoms with Crippen LogP contribution in [0.3, 0.4) is 0 Å². The normalized spacial score (nSPS) is 13.8. The van der Waals surface area contributed by atoms with Crippen LogP contribution in [0.2, 0.25) is 0 Å². The van der Waals surface area contributed by atoms with E-state index in [0.717, 1.165) is 13.1 Å². The van der Waals surface area contributed by atoms with Gasteiger partial charge in [0.05, 0.1) is 11.5 Å². The molecule has 196 valence electrons. The number of nitrogens with zero attached hydrogens (tertiary/aromatic N) is 2. The maximum atomic E-state index is 12.7. The Morgan fingerprint density at radius 2 is 1.49 bits per heavy atom. The zero-order valence-corrected chi connectivity index (χ0v) is 22.3. The van der Waals surface area contributed by atoms with Gasteiger partial charge in [0, 0.05) is 37.6 Å². The summed E-state index contributed by atoms with van der Waals surface area (Å²) in [6.45, 7) is 9.35. The lowest BCUT2D eigenvalue weighted by Gasteiger charge is -2.37. The number of aryl methyl sites for hydroxylation is 1. The fourth-order valence-electron chi connectivity index (χ4n) is 4.23. The molecule has 4 rings (SSSR count). The van der Waals surface area contributed by atoms with Gasteiger partial charge in [-0.15, -0.1) is 0 Å². The molecule has 0 aliphatic carbocycles. The van der Waals surface area contributed by atoms with Crippen LogP contribution in [-0.2, 0) is 14.8 Å². The van der Waals surface area contributed by atoms with Crippen LogP contribution in [-0.4, -0.2) is 58.6 Å². The smallest absolute Gasteiger partial charge is 0.261 e. The number of hydrogen-bond acceptors (Lipinski definition) is 6. The summed E-state index contributed by atoms with van der Waals surface area (Å²) in [6.07, 6.45) is 0. The second kappa shape index (κ2) is 11.6. The van der Waals surface area contributed by atoms with E-state index >= 15 is 0 Å². The van der Waals surface area contributed by atoms with E-state index in [0.29, 0.717) is 36.9 Å². The number of ether oxygens (including phenoxy) is 2. The van der Waals surface area contributed by atoms with E-state index in [1.807, 2.05) is 6.92 Å². The number of anilines is 2. The van der Waals surface area contributed by atoms with Gasteiger partial charge in [0.25, 0.3) is 15.9 Å². The van der Waals surface area contributed by atoms with Crippen LogP contribution < -0.4 is 19.1 Å². The molecule has 0 spiro atoms. The number of carbonyl (C=O) groups excluding carboxylic acids is 1. The molecule has 0 unspecified atom stereocenters. The Labute approximate surface area is 218 Å². The molecule has 0 atom stereocenters. The average Bonchev–Trinajstić information content (AvgIpc) is 2.90. The maximum absolute atomic E-state index is 12.7. The molecule has 3 aromatic carbocycles. The number of carbonyl (C=O) groups is 1. The van der Waals surface area contributed by atoms with Crippen molar-refractivity contribution in [2.24, 2.45) is 0 Å². The molecule has 0 aromatic heterocycles. The predicted octanol–water partition coefficient (Wildman–Crippen LogP) is 4.23. The van der Waals surface area contributed by atoms with E-state index in [2.05, 4.69) is 41.7 Å². The Hall–Kier alpha value is -3.72. The number of rotatable bonds is 9. The number of benzene rings is 3.